The lowest BCUT2D eigenvalue weighted by Gasteiger charge is -2.13. The molecule has 0 unspecified atom stereocenters. The van der Waals surface area contributed by atoms with Crippen LogP contribution >= 0.6 is 23.1 Å². The van der Waals surface area contributed by atoms with Crippen LogP contribution < -0.4 is 5.69 Å². The molecule has 0 saturated carbocycles. The number of carbonyl (C=O) groups excluding carboxylic acids is 1. The summed E-state index contributed by atoms with van der Waals surface area (Å²) in [5.74, 6) is -0.148. The molecule has 0 spiro atoms. The number of fused-ring (bicyclic) bond motifs is 1. The van der Waals surface area contributed by atoms with Crippen LogP contribution in [0, 0.1) is 10.1 Å². The molecule has 0 atom stereocenters. The molecule has 0 saturated heterocycles. The Morgan fingerprint density at radius 1 is 1.28 bits per heavy atom. The number of hydrogen-bond acceptors (Lipinski definition) is 7. The minimum Gasteiger partial charge on any atom is -0.293 e. The van der Waals surface area contributed by atoms with Crippen LogP contribution in [-0.2, 0) is 19.4 Å². The van der Waals surface area contributed by atoms with Crippen molar-refractivity contribution >= 4 is 34.6 Å². The Hall–Kier alpha value is -2.78. The average molecular weight is 428 g/mol. The van der Waals surface area contributed by atoms with Crippen LogP contribution in [0.15, 0.2) is 51.6 Å². The summed E-state index contributed by atoms with van der Waals surface area (Å²) in [6, 6.07) is 9.65. The number of nitrogens with zero attached hydrogens (tertiary/aromatic N) is 3. The second kappa shape index (κ2) is 8.30. The molecule has 0 radical (unpaired) electrons. The Morgan fingerprint density at radius 2 is 2.14 bits per heavy atom. The van der Waals surface area contributed by atoms with Gasteiger partial charge in [0.1, 0.15) is 5.03 Å². The van der Waals surface area contributed by atoms with E-state index >= 15 is 0 Å². The molecular formula is C20H17N3O4S2. The molecule has 1 aliphatic carbocycles. The van der Waals surface area contributed by atoms with Gasteiger partial charge in [0.25, 0.3) is 5.69 Å². The Labute approximate surface area is 174 Å². The number of benzene rings is 1. The zero-order valence-electron chi connectivity index (χ0n) is 15.4. The first kappa shape index (κ1) is 19.5. The summed E-state index contributed by atoms with van der Waals surface area (Å²) in [5.41, 5.74) is 1.91. The van der Waals surface area contributed by atoms with Gasteiger partial charge < -0.3 is 0 Å². The summed E-state index contributed by atoms with van der Waals surface area (Å²) in [4.78, 5) is 40.9. The quantitative estimate of drug-likeness (QED) is 0.187. The Bertz CT molecular complexity index is 1140. The summed E-state index contributed by atoms with van der Waals surface area (Å²) in [7, 11) is 0. The summed E-state index contributed by atoms with van der Waals surface area (Å²) in [6.07, 6.45) is 2.61. The number of nitro benzene ring substituents is 1. The number of thioether (sulfide) groups is 1. The van der Waals surface area contributed by atoms with Crippen LogP contribution in [-0.4, -0.2) is 26.0 Å². The number of carbonyl (C=O) groups is 1. The molecule has 0 amide bonds. The number of non-ortho nitro benzene ring substituents is 1. The zero-order chi connectivity index (χ0) is 20.4. The standard InChI is InChI=1S/C20H17N3O4S2/c24-18(13-4-1-5-14(10-13)23(26)27)12-29-19-16-7-2-8-17(16)22(20(25)21-19)11-15-6-3-9-28-15/h1,3-6,9-10H,2,7-8,11-12H2. The van der Waals surface area contributed by atoms with Crippen molar-refractivity contribution in [3.05, 3.63) is 84.1 Å². The van der Waals surface area contributed by atoms with Crippen LogP contribution in [0.2, 0.25) is 0 Å². The summed E-state index contributed by atoms with van der Waals surface area (Å²) >= 11 is 2.84. The zero-order valence-corrected chi connectivity index (χ0v) is 17.0. The van der Waals surface area contributed by atoms with Crippen molar-refractivity contribution in [2.75, 3.05) is 5.75 Å². The molecule has 0 bridgehead atoms. The van der Waals surface area contributed by atoms with E-state index < -0.39 is 4.92 Å². The maximum atomic E-state index is 12.6. The number of aromatic nitrogens is 2. The van der Waals surface area contributed by atoms with Gasteiger partial charge in [-0.15, -0.1) is 11.3 Å². The predicted molar refractivity (Wildman–Crippen MR) is 112 cm³/mol. The van der Waals surface area contributed by atoms with E-state index in [9.17, 15) is 19.7 Å². The van der Waals surface area contributed by atoms with E-state index in [1.54, 1.807) is 22.0 Å². The number of ketones is 1. The second-order valence-corrected chi connectivity index (χ2v) is 8.66. The first-order valence-corrected chi connectivity index (χ1v) is 10.9. The molecule has 2 aromatic heterocycles. The number of hydrogen-bond donors (Lipinski definition) is 0. The highest BCUT2D eigenvalue weighted by molar-refractivity contribution is 8.00. The second-order valence-electron chi connectivity index (χ2n) is 6.66. The Morgan fingerprint density at radius 3 is 2.90 bits per heavy atom. The number of nitro groups is 1. The molecule has 3 aromatic rings. The minimum absolute atomic E-state index is 0.0784. The molecule has 148 valence electrons. The monoisotopic (exact) mass is 427 g/mol. The maximum Gasteiger partial charge on any atom is 0.349 e. The van der Waals surface area contributed by atoms with Gasteiger partial charge in [0.15, 0.2) is 5.78 Å². The fourth-order valence-electron chi connectivity index (χ4n) is 3.44. The van der Waals surface area contributed by atoms with Gasteiger partial charge in [-0.3, -0.25) is 19.5 Å². The third-order valence-corrected chi connectivity index (χ3v) is 6.69. The molecule has 4 rings (SSSR count). The normalized spacial score (nSPS) is 12.7. The highest BCUT2D eigenvalue weighted by Crippen LogP contribution is 2.30. The van der Waals surface area contributed by atoms with E-state index in [2.05, 4.69) is 4.98 Å². The fourth-order valence-corrected chi connectivity index (χ4v) is 5.10. The molecule has 2 heterocycles. The lowest BCUT2D eigenvalue weighted by Crippen LogP contribution is -2.27. The molecule has 1 aromatic carbocycles. The average Bonchev–Trinajstić information content (AvgIpc) is 3.40. The number of rotatable bonds is 7. The molecule has 0 N–H and O–H groups in total. The van der Waals surface area contributed by atoms with Gasteiger partial charge >= 0.3 is 5.69 Å². The lowest BCUT2D eigenvalue weighted by molar-refractivity contribution is -0.384. The molecule has 7 nitrogen and oxygen atoms in total. The first-order valence-electron chi connectivity index (χ1n) is 9.08. The van der Waals surface area contributed by atoms with E-state index in [0.717, 1.165) is 35.4 Å². The smallest absolute Gasteiger partial charge is 0.293 e. The van der Waals surface area contributed by atoms with Crippen molar-refractivity contribution in [1.82, 2.24) is 9.55 Å². The van der Waals surface area contributed by atoms with E-state index in [-0.39, 0.29) is 28.5 Å². The molecule has 0 fully saturated rings. The molecule has 0 aliphatic heterocycles. The Balaban J connectivity index is 1.55. The third-order valence-electron chi connectivity index (χ3n) is 4.81. The largest absolute Gasteiger partial charge is 0.349 e. The topological polar surface area (TPSA) is 95.1 Å². The van der Waals surface area contributed by atoms with Crippen LogP contribution in [0.4, 0.5) is 5.69 Å². The van der Waals surface area contributed by atoms with Crippen molar-refractivity contribution in [2.45, 2.75) is 30.8 Å². The van der Waals surface area contributed by atoms with Crippen LogP contribution in [0.5, 0.6) is 0 Å². The summed E-state index contributed by atoms with van der Waals surface area (Å²) in [6.45, 7) is 0.517. The van der Waals surface area contributed by atoms with Crippen LogP contribution in [0.1, 0.15) is 32.9 Å². The molecule has 29 heavy (non-hydrogen) atoms. The van der Waals surface area contributed by atoms with Gasteiger partial charge in [-0.05, 0) is 30.7 Å². The highest BCUT2D eigenvalue weighted by atomic mass is 32.2. The minimum atomic E-state index is -0.522. The van der Waals surface area contributed by atoms with Crippen LogP contribution in [0.3, 0.4) is 0 Å². The third kappa shape index (κ3) is 4.15. The van der Waals surface area contributed by atoms with Gasteiger partial charge in [-0.25, -0.2) is 4.79 Å². The van der Waals surface area contributed by atoms with Crippen LogP contribution in [0.25, 0.3) is 0 Å². The van der Waals surface area contributed by atoms with Gasteiger partial charge in [-0.1, -0.05) is 30.0 Å². The van der Waals surface area contributed by atoms with Crippen molar-refractivity contribution in [2.24, 2.45) is 0 Å². The SMILES string of the molecule is O=C(CSc1nc(=O)n(Cc2cccs2)c2c1CCC2)c1cccc([N+](=O)[O-])c1. The molecular weight excluding hydrogens is 410 g/mol. The summed E-state index contributed by atoms with van der Waals surface area (Å²) < 4.78 is 1.74. The maximum absolute atomic E-state index is 12.6. The number of thiophene rings is 1. The van der Waals surface area contributed by atoms with Crippen molar-refractivity contribution < 1.29 is 9.72 Å². The number of Topliss-reactive ketones (excluding diaryl/α,β-unsaturated/α-hetero) is 1. The molecule has 1 aliphatic rings. The lowest BCUT2D eigenvalue weighted by atomic mass is 10.1. The molecule has 9 heteroatoms. The fraction of sp³-hybridized carbons (Fsp3) is 0.250. The van der Waals surface area contributed by atoms with Crippen molar-refractivity contribution in [3.8, 4) is 0 Å². The van der Waals surface area contributed by atoms with Crippen molar-refractivity contribution in [3.63, 3.8) is 0 Å². The van der Waals surface area contributed by atoms with E-state index in [0.29, 0.717) is 11.6 Å². The first-order chi connectivity index (χ1) is 14.0. The van der Waals surface area contributed by atoms with E-state index in [4.69, 9.17) is 0 Å². The van der Waals surface area contributed by atoms with Gasteiger partial charge in [0, 0.05) is 33.8 Å². The summed E-state index contributed by atoms with van der Waals surface area (Å²) in [5, 5.41) is 13.5. The Kier molecular flexibility index (Phi) is 5.59. The van der Waals surface area contributed by atoms with Gasteiger partial charge in [0.05, 0.1) is 17.2 Å². The van der Waals surface area contributed by atoms with Gasteiger partial charge in [-0.2, -0.15) is 4.98 Å². The van der Waals surface area contributed by atoms with E-state index in [1.165, 1.54) is 30.0 Å². The van der Waals surface area contributed by atoms with E-state index in [1.807, 2.05) is 17.5 Å². The van der Waals surface area contributed by atoms with Crippen molar-refractivity contribution in [1.29, 1.82) is 0 Å². The highest BCUT2D eigenvalue weighted by Gasteiger charge is 2.23. The predicted octanol–water partition coefficient (Wildman–Crippen LogP) is 3.73. The van der Waals surface area contributed by atoms with Gasteiger partial charge in [0.2, 0.25) is 0 Å².